The largest absolute Gasteiger partial charge is 0.481 e. The second-order valence-corrected chi connectivity index (χ2v) is 11.1. The van der Waals surface area contributed by atoms with Gasteiger partial charge in [0.2, 0.25) is 15.6 Å². The first-order valence-corrected chi connectivity index (χ1v) is 13.3. The lowest BCUT2D eigenvalue weighted by Crippen LogP contribution is -2.69. The van der Waals surface area contributed by atoms with Crippen molar-refractivity contribution >= 4 is 28.1 Å². The monoisotopic (exact) mass is 553 g/mol. The number of nitrogens with zero attached hydrogens (tertiary/aromatic N) is 2. The number of hydrogen-bond acceptors (Lipinski definition) is 10. The van der Waals surface area contributed by atoms with Gasteiger partial charge in [-0.1, -0.05) is 5.92 Å². The summed E-state index contributed by atoms with van der Waals surface area (Å²) in [7, 11) is -1.98. The van der Waals surface area contributed by atoms with Gasteiger partial charge in [-0.25, -0.2) is 27.5 Å². The van der Waals surface area contributed by atoms with E-state index in [1.54, 1.807) is 27.7 Å². The van der Waals surface area contributed by atoms with E-state index in [2.05, 4.69) is 16.6 Å². The number of methoxy groups -OCH3 is 2. The van der Waals surface area contributed by atoms with Crippen LogP contribution in [0.4, 0.5) is 4.79 Å². The van der Waals surface area contributed by atoms with Gasteiger partial charge in [0, 0.05) is 26.2 Å². The van der Waals surface area contributed by atoms with Crippen molar-refractivity contribution in [3.8, 4) is 17.6 Å². The van der Waals surface area contributed by atoms with Gasteiger partial charge in [-0.2, -0.15) is 0 Å². The topological polar surface area (TPSA) is 141 Å². The molecule has 12 nitrogen and oxygen atoms in total. The highest BCUT2D eigenvalue weighted by Crippen LogP contribution is 2.24. The van der Waals surface area contributed by atoms with E-state index in [-0.39, 0.29) is 37.7 Å². The van der Waals surface area contributed by atoms with Crippen LogP contribution in [0.2, 0.25) is 0 Å². The quantitative estimate of drug-likeness (QED) is 0.204. The highest BCUT2D eigenvalue weighted by molar-refractivity contribution is 7.89. The summed E-state index contributed by atoms with van der Waals surface area (Å²) in [5, 5.41) is 0. The van der Waals surface area contributed by atoms with E-state index >= 15 is 0 Å². The van der Waals surface area contributed by atoms with E-state index in [0.29, 0.717) is 5.75 Å². The first-order valence-electron chi connectivity index (χ1n) is 11.8. The highest BCUT2D eigenvalue weighted by atomic mass is 32.2. The van der Waals surface area contributed by atoms with Crippen molar-refractivity contribution in [2.24, 2.45) is 0 Å². The summed E-state index contributed by atoms with van der Waals surface area (Å²) in [5.74, 6) is 3.85. The Kier molecular flexibility index (Phi) is 10.5. The number of benzene rings is 1. The molecule has 1 aliphatic heterocycles. The molecule has 38 heavy (non-hydrogen) atoms. The fourth-order valence-corrected chi connectivity index (χ4v) is 4.78. The Morgan fingerprint density at radius 3 is 2.00 bits per heavy atom. The first kappa shape index (κ1) is 30.9. The van der Waals surface area contributed by atoms with Crippen LogP contribution in [0.15, 0.2) is 29.2 Å². The first-order chi connectivity index (χ1) is 17.8. The van der Waals surface area contributed by atoms with Crippen LogP contribution in [-0.2, 0) is 33.8 Å². The minimum atomic E-state index is -4.16. The number of sulfonamides is 1. The van der Waals surface area contributed by atoms with E-state index < -0.39 is 45.7 Å². The van der Waals surface area contributed by atoms with Gasteiger partial charge in [-0.15, -0.1) is 5.92 Å². The molecule has 1 heterocycles. The summed E-state index contributed by atoms with van der Waals surface area (Å²) in [6.45, 7) is 6.76. The molecule has 1 aromatic carbocycles. The molecule has 0 spiro atoms. The standard InChI is InChI=1S/C25H35N3O9S/c1-7-8-17-36-19-9-11-20(12-10-19)38(32,33)26-18-25(21(29)34-5,22(30)35-6)28-15-13-27(14-16-28)23(31)37-24(2,3)4/h9-12,26H,13-18H2,1-6H3. The molecule has 0 atom stereocenters. The van der Waals surface area contributed by atoms with Crippen LogP contribution < -0.4 is 9.46 Å². The van der Waals surface area contributed by atoms with Gasteiger partial charge in [0.05, 0.1) is 25.7 Å². The molecule has 210 valence electrons. The zero-order valence-corrected chi connectivity index (χ0v) is 23.3. The molecule has 1 amide bonds. The van der Waals surface area contributed by atoms with E-state index in [1.807, 2.05) is 0 Å². The van der Waals surface area contributed by atoms with E-state index in [1.165, 1.54) is 34.1 Å². The summed E-state index contributed by atoms with van der Waals surface area (Å²) in [6.07, 6.45) is -0.534. The van der Waals surface area contributed by atoms with Crippen LogP contribution >= 0.6 is 0 Å². The molecular weight excluding hydrogens is 518 g/mol. The number of hydrogen-bond donors (Lipinski definition) is 1. The second-order valence-electron chi connectivity index (χ2n) is 9.31. The molecule has 1 aromatic rings. The maximum Gasteiger partial charge on any atom is 0.410 e. The number of nitrogens with one attached hydrogen (secondary N) is 1. The lowest BCUT2D eigenvalue weighted by atomic mass is 9.96. The Morgan fingerprint density at radius 2 is 1.53 bits per heavy atom. The molecule has 1 fully saturated rings. The zero-order chi connectivity index (χ0) is 28.6. The number of rotatable bonds is 9. The van der Waals surface area contributed by atoms with Crippen molar-refractivity contribution < 1.29 is 41.7 Å². The molecule has 1 saturated heterocycles. The molecule has 0 radical (unpaired) electrons. The van der Waals surface area contributed by atoms with E-state index in [9.17, 15) is 22.8 Å². The van der Waals surface area contributed by atoms with Gasteiger partial charge in [-0.05, 0) is 52.0 Å². The summed E-state index contributed by atoms with van der Waals surface area (Å²) in [5.41, 5.74) is -2.82. The Hall–Kier alpha value is -3.34. The molecule has 0 saturated carbocycles. The normalized spacial score (nSPS) is 14.6. The van der Waals surface area contributed by atoms with Crippen molar-refractivity contribution in [1.82, 2.24) is 14.5 Å². The third kappa shape index (κ3) is 7.59. The summed E-state index contributed by atoms with van der Waals surface area (Å²) in [6, 6.07) is 5.59. The van der Waals surface area contributed by atoms with Crippen LogP contribution in [0, 0.1) is 11.8 Å². The average Bonchev–Trinajstić information content (AvgIpc) is 2.88. The number of carbonyl (C=O) groups is 3. The molecule has 13 heteroatoms. The number of amides is 1. The Labute approximate surface area is 223 Å². The predicted molar refractivity (Wildman–Crippen MR) is 137 cm³/mol. The smallest absolute Gasteiger partial charge is 0.410 e. The highest BCUT2D eigenvalue weighted by Gasteiger charge is 2.55. The lowest BCUT2D eigenvalue weighted by molar-refractivity contribution is -0.173. The van der Waals surface area contributed by atoms with Crippen molar-refractivity contribution in [1.29, 1.82) is 0 Å². The predicted octanol–water partition coefficient (Wildman–Crippen LogP) is 1.00. The van der Waals surface area contributed by atoms with Gasteiger partial charge < -0.3 is 23.8 Å². The van der Waals surface area contributed by atoms with Crippen LogP contribution in [-0.4, -0.2) is 101 Å². The van der Waals surface area contributed by atoms with E-state index in [4.69, 9.17) is 18.9 Å². The Bertz CT molecular complexity index is 1140. The van der Waals surface area contributed by atoms with Gasteiger partial charge in [-0.3, -0.25) is 4.90 Å². The third-order valence-electron chi connectivity index (χ3n) is 5.66. The van der Waals surface area contributed by atoms with Crippen LogP contribution in [0.25, 0.3) is 0 Å². The van der Waals surface area contributed by atoms with Gasteiger partial charge in [0.15, 0.2) is 0 Å². The maximum absolute atomic E-state index is 13.1. The Morgan fingerprint density at radius 1 is 0.974 bits per heavy atom. The summed E-state index contributed by atoms with van der Waals surface area (Å²) >= 11 is 0. The molecule has 0 aliphatic carbocycles. The van der Waals surface area contributed by atoms with Crippen molar-refractivity contribution in [3.05, 3.63) is 24.3 Å². The number of carbonyl (C=O) groups excluding carboxylic acids is 3. The minimum Gasteiger partial charge on any atom is -0.481 e. The van der Waals surface area contributed by atoms with Crippen molar-refractivity contribution in [2.45, 2.75) is 43.7 Å². The average molecular weight is 554 g/mol. The second kappa shape index (κ2) is 12.9. The number of ether oxygens (including phenoxy) is 4. The van der Waals surface area contributed by atoms with Gasteiger partial charge >= 0.3 is 18.0 Å². The fraction of sp³-hybridized carbons (Fsp3) is 0.560. The summed E-state index contributed by atoms with van der Waals surface area (Å²) < 4.78 is 49.1. The number of esters is 2. The molecule has 0 unspecified atom stereocenters. The number of piperazine rings is 1. The molecule has 0 aromatic heterocycles. The van der Waals surface area contributed by atoms with Gasteiger partial charge in [0.25, 0.3) is 0 Å². The third-order valence-corrected chi connectivity index (χ3v) is 7.07. The van der Waals surface area contributed by atoms with Crippen LogP contribution in [0.1, 0.15) is 27.7 Å². The van der Waals surface area contributed by atoms with Crippen molar-refractivity contribution in [3.63, 3.8) is 0 Å². The van der Waals surface area contributed by atoms with Gasteiger partial charge in [0.1, 0.15) is 18.0 Å². The van der Waals surface area contributed by atoms with Crippen LogP contribution in [0.3, 0.4) is 0 Å². The molecule has 1 N–H and O–H groups in total. The molecule has 0 bridgehead atoms. The lowest BCUT2D eigenvalue weighted by Gasteiger charge is -2.43. The molecular formula is C25H35N3O9S. The maximum atomic E-state index is 13.1. The van der Waals surface area contributed by atoms with E-state index in [0.717, 1.165) is 14.2 Å². The SMILES string of the molecule is CC#CCOc1ccc(S(=O)(=O)NCC(C(=O)OC)(C(=O)OC)N2CCN(C(=O)OC(C)(C)C)CC2)cc1. The fourth-order valence-electron chi connectivity index (χ4n) is 3.72. The van der Waals surface area contributed by atoms with Crippen molar-refractivity contribution in [2.75, 3.05) is 53.6 Å². The zero-order valence-electron chi connectivity index (χ0n) is 22.5. The van der Waals surface area contributed by atoms with Crippen LogP contribution in [0.5, 0.6) is 5.75 Å². The Balaban J connectivity index is 2.26. The minimum absolute atomic E-state index is 0.0534. The molecule has 2 rings (SSSR count). The summed E-state index contributed by atoms with van der Waals surface area (Å²) in [4.78, 5) is 41.3. The molecule has 1 aliphatic rings.